The molecule has 4 rings (SSSR count). The van der Waals surface area contributed by atoms with Gasteiger partial charge in [-0.25, -0.2) is 4.68 Å². The lowest BCUT2D eigenvalue weighted by molar-refractivity contribution is -0.386. The van der Waals surface area contributed by atoms with Gasteiger partial charge in [0.15, 0.2) is 30.6 Å². The third-order valence-electron chi connectivity index (χ3n) is 8.48. The summed E-state index contributed by atoms with van der Waals surface area (Å²) in [5, 5.41) is 8.56. The first-order valence-corrected chi connectivity index (χ1v) is 17.0. The molecule has 0 N–H and O–H groups in total. The Hall–Kier alpha value is -4.69. The first-order chi connectivity index (χ1) is 25.0. The SMILES string of the molecule is CC(=O)OC[C@H]1O[C@H](O[C@]2(COC(C)=O)O[C@H](n3cc(C4CCCCC4)nn3)[C@@H](OC(C)=O)[C@@H]2OC(C)=O)[C@H](OC(C)=O)[C@@H](OC(C)=O)[C@@H]1OC(C)=O. The number of ether oxygens (including phenoxy) is 10. The summed E-state index contributed by atoms with van der Waals surface area (Å²) < 4.78 is 58.4. The minimum atomic E-state index is -2.46. The van der Waals surface area contributed by atoms with E-state index in [-0.39, 0.29) is 5.92 Å². The topological polar surface area (TPSA) is 242 Å². The minimum Gasteiger partial charge on any atom is -0.463 e. The van der Waals surface area contributed by atoms with E-state index in [1.165, 1.54) is 4.68 Å². The van der Waals surface area contributed by atoms with Gasteiger partial charge >= 0.3 is 41.8 Å². The Labute approximate surface area is 304 Å². The largest absolute Gasteiger partial charge is 0.463 e. The second-order valence-electron chi connectivity index (χ2n) is 12.8. The molecule has 1 aromatic heterocycles. The van der Waals surface area contributed by atoms with Crippen LogP contribution in [-0.2, 0) is 80.9 Å². The van der Waals surface area contributed by atoms with E-state index in [9.17, 15) is 33.6 Å². The van der Waals surface area contributed by atoms with Crippen LogP contribution >= 0.6 is 0 Å². The van der Waals surface area contributed by atoms with Crippen LogP contribution in [-0.4, -0.2) is 119 Å². The van der Waals surface area contributed by atoms with Crippen molar-refractivity contribution in [2.75, 3.05) is 13.2 Å². The third-order valence-corrected chi connectivity index (χ3v) is 8.48. The van der Waals surface area contributed by atoms with Gasteiger partial charge in [-0.3, -0.25) is 33.6 Å². The van der Waals surface area contributed by atoms with Crippen LogP contribution in [0.3, 0.4) is 0 Å². The van der Waals surface area contributed by atoms with E-state index >= 15 is 0 Å². The molecule has 2 saturated heterocycles. The number of carbonyl (C=O) groups is 7. The number of esters is 7. The summed E-state index contributed by atoms with van der Waals surface area (Å²) in [6.07, 6.45) is -6.61. The molecule has 0 radical (unpaired) electrons. The van der Waals surface area contributed by atoms with E-state index in [0.29, 0.717) is 5.69 Å². The molecule has 53 heavy (non-hydrogen) atoms. The van der Waals surface area contributed by atoms with Crippen molar-refractivity contribution in [3.05, 3.63) is 11.9 Å². The number of hydrogen-bond donors (Lipinski definition) is 0. The van der Waals surface area contributed by atoms with Crippen LogP contribution in [0.5, 0.6) is 0 Å². The smallest absolute Gasteiger partial charge is 0.303 e. The molecule has 0 aromatic carbocycles. The van der Waals surface area contributed by atoms with E-state index < -0.39 is 110 Å². The van der Waals surface area contributed by atoms with Gasteiger partial charge < -0.3 is 47.4 Å². The number of carbonyl (C=O) groups excluding carboxylic acids is 7. The lowest BCUT2D eigenvalue weighted by Crippen LogP contribution is -2.65. The fourth-order valence-corrected chi connectivity index (χ4v) is 6.52. The average Bonchev–Trinajstić information content (AvgIpc) is 3.65. The molecule has 1 aliphatic carbocycles. The average molecular weight is 756 g/mol. The van der Waals surface area contributed by atoms with E-state index in [0.717, 1.165) is 80.6 Å². The Balaban J connectivity index is 1.87. The lowest BCUT2D eigenvalue weighted by atomic mass is 9.87. The van der Waals surface area contributed by atoms with Gasteiger partial charge in [0.05, 0.1) is 11.9 Å². The summed E-state index contributed by atoms with van der Waals surface area (Å²) in [4.78, 5) is 86.4. The van der Waals surface area contributed by atoms with Crippen molar-refractivity contribution in [3.63, 3.8) is 0 Å². The highest BCUT2D eigenvalue weighted by Gasteiger charge is 2.65. The highest BCUT2D eigenvalue weighted by atomic mass is 16.8. The Bertz CT molecular complexity index is 1530. The van der Waals surface area contributed by atoms with E-state index in [4.69, 9.17) is 47.4 Å². The van der Waals surface area contributed by atoms with E-state index in [2.05, 4.69) is 10.3 Å². The first-order valence-electron chi connectivity index (χ1n) is 17.0. The summed E-state index contributed by atoms with van der Waals surface area (Å²) in [6.45, 7) is 6.00. The van der Waals surface area contributed by atoms with Crippen LogP contribution in [0.15, 0.2) is 6.20 Å². The molecule has 294 valence electrons. The van der Waals surface area contributed by atoms with Gasteiger partial charge in [-0.15, -0.1) is 5.10 Å². The van der Waals surface area contributed by atoms with Crippen molar-refractivity contribution in [2.24, 2.45) is 0 Å². The predicted molar refractivity (Wildman–Crippen MR) is 169 cm³/mol. The Kier molecular flexibility index (Phi) is 13.9. The fourth-order valence-electron chi connectivity index (χ4n) is 6.52. The maximum atomic E-state index is 12.7. The van der Waals surface area contributed by atoms with E-state index in [1.54, 1.807) is 6.20 Å². The van der Waals surface area contributed by atoms with Crippen molar-refractivity contribution in [2.45, 2.75) is 141 Å². The Morgan fingerprint density at radius 2 is 1.25 bits per heavy atom. The van der Waals surface area contributed by atoms with Crippen molar-refractivity contribution in [1.82, 2.24) is 15.0 Å². The summed E-state index contributed by atoms with van der Waals surface area (Å²) in [5.74, 6) is -8.40. The van der Waals surface area contributed by atoms with Crippen LogP contribution in [0.2, 0.25) is 0 Å². The standard InChI is InChI=1S/C33H45N3O17/c1-16(37)44-14-25-26(46-18(3)39)27(47-19(4)40)28(48-20(5)41)32(51-25)53-33(15-45-17(2)38)30(50-22(7)43)29(49-21(6)42)31(52-33)36-13-24(34-35-36)23-11-9-8-10-12-23/h13,23,25-32H,8-12,14-15H2,1-7H3/t25-,26-,27+,28-,29+,30+,31+,32-,33+/m1/s1. The van der Waals surface area contributed by atoms with Crippen molar-refractivity contribution in [1.29, 1.82) is 0 Å². The highest BCUT2D eigenvalue weighted by molar-refractivity contribution is 5.69. The Morgan fingerprint density at radius 1 is 0.698 bits per heavy atom. The number of rotatable bonds is 13. The number of nitrogens with zero attached hydrogens (tertiary/aromatic N) is 3. The monoisotopic (exact) mass is 755 g/mol. The predicted octanol–water partition coefficient (Wildman–Crippen LogP) is 1.08. The zero-order valence-corrected chi connectivity index (χ0v) is 30.5. The van der Waals surface area contributed by atoms with Crippen LogP contribution in [0, 0.1) is 0 Å². The molecule has 0 spiro atoms. The molecule has 20 nitrogen and oxygen atoms in total. The van der Waals surface area contributed by atoms with Gasteiger partial charge in [-0.2, -0.15) is 0 Å². The molecule has 0 bridgehead atoms. The molecule has 1 saturated carbocycles. The van der Waals surface area contributed by atoms with Crippen LogP contribution < -0.4 is 0 Å². The Morgan fingerprint density at radius 3 is 1.81 bits per heavy atom. The second kappa shape index (κ2) is 17.9. The van der Waals surface area contributed by atoms with Gasteiger partial charge in [0.1, 0.15) is 19.3 Å². The van der Waals surface area contributed by atoms with Crippen molar-refractivity contribution >= 4 is 41.8 Å². The summed E-state index contributed by atoms with van der Waals surface area (Å²) in [7, 11) is 0. The summed E-state index contributed by atoms with van der Waals surface area (Å²) >= 11 is 0. The summed E-state index contributed by atoms with van der Waals surface area (Å²) in [6, 6.07) is 0. The molecular weight excluding hydrogens is 710 g/mol. The number of hydrogen-bond acceptors (Lipinski definition) is 19. The highest BCUT2D eigenvalue weighted by Crippen LogP contribution is 2.45. The third kappa shape index (κ3) is 10.7. The van der Waals surface area contributed by atoms with E-state index in [1.807, 2.05) is 0 Å². The molecule has 3 fully saturated rings. The van der Waals surface area contributed by atoms with Gasteiger partial charge in [0.2, 0.25) is 18.2 Å². The second-order valence-corrected chi connectivity index (χ2v) is 12.8. The zero-order chi connectivity index (χ0) is 39.0. The maximum absolute atomic E-state index is 12.7. The number of aromatic nitrogens is 3. The van der Waals surface area contributed by atoms with Gasteiger partial charge in [-0.05, 0) is 12.8 Å². The molecule has 3 heterocycles. The molecule has 0 unspecified atom stereocenters. The van der Waals surface area contributed by atoms with Crippen LogP contribution in [0.1, 0.15) is 98.4 Å². The van der Waals surface area contributed by atoms with Crippen molar-refractivity contribution in [3.8, 4) is 0 Å². The first kappa shape index (κ1) is 41.1. The molecule has 1 aromatic rings. The molecular formula is C33H45N3O17. The lowest BCUT2D eigenvalue weighted by Gasteiger charge is -2.46. The minimum absolute atomic E-state index is 0.0926. The normalized spacial score (nSPS) is 30.0. The maximum Gasteiger partial charge on any atom is 0.303 e. The van der Waals surface area contributed by atoms with Gasteiger partial charge in [0, 0.05) is 54.4 Å². The zero-order valence-electron chi connectivity index (χ0n) is 30.5. The summed E-state index contributed by atoms with van der Waals surface area (Å²) in [5.41, 5.74) is 0.636. The van der Waals surface area contributed by atoms with Crippen molar-refractivity contribution < 1.29 is 80.9 Å². The van der Waals surface area contributed by atoms with Crippen LogP contribution in [0.25, 0.3) is 0 Å². The molecule has 2 aliphatic heterocycles. The molecule has 9 atom stereocenters. The van der Waals surface area contributed by atoms with Crippen LogP contribution in [0.4, 0.5) is 0 Å². The molecule has 0 amide bonds. The van der Waals surface area contributed by atoms with Gasteiger partial charge in [0.25, 0.3) is 0 Å². The molecule has 20 heteroatoms. The fraction of sp³-hybridized carbons (Fsp3) is 0.727. The molecule has 3 aliphatic rings. The quantitative estimate of drug-likeness (QED) is 0.202. The van der Waals surface area contributed by atoms with Gasteiger partial charge in [-0.1, -0.05) is 24.5 Å².